The van der Waals surface area contributed by atoms with E-state index in [9.17, 15) is 9.90 Å². The minimum atomic E-state index is -0.768. The van der Waals surface area contributed by atoms with E-state index in [1.165, 1.54) is 19.3 Å². The number of halogens is 1. The third kappa shape index (κ3) is 2.16. The summed E-state index contributed by atoms with van der Waals surface area (Å²) in [6.07, 6.45) is 5.33. The van der Waals surface area contributed by atoms with Gasteiger partial charge in [0.1, 0.15) is 0 Å². The lowest BCUT2D eigenvalue weighted by Gasteiger charge is -2.50. The van der Waals surface area contributed by atoms with Gasteiger partial charge in [0.25, 0.3) is 0 Å². The van der Waals surface area contributed by atoms with Crippen LogP contribution >= 0.6 is 11.6 Å². The van der Waals surface area contributed by atoms with E-state index in [1.54, 1.807) is 0 Å². The second kappa shape index (κ2) is 4.92. The van der Waals surface area contributed by atoms with Crippen LogP contribution in [0.5, 0.6) is 0 Å². The zero-order chi connectivity index (χ0) is 14.3. The molecule has 0 aliphatic heterocycles. The standard InChI is InChI=1S/C17H19ClO2/c1-11-9-14(16(19)20)15(10-17(11)7-2-8-17)12-3-5-13(18)6-4-12/h3-6,11H,2,7-10H2,1H3,(H,19,20). The lowest BCUT2D eigenvalue weighted by molar-refractivity contribution is -0.133. The molecule has 0 aromatic heterocycles. The van der Waals surface area contributed by atoms with Crippen molar-refractivity contribution < 1.29 is 9.90 Å². The molecule has 1 aromatic carbocycles. The van der Waals surface area contributed by atoms with E-state index < -0.39 is 5.97 Å². The molecule has 2 nitrogen and oxygen atoms in total. The fraction of sp³-hybridized carbons (Fsp3) is 0.471. The van der Waals surface area contributed by atoms with E-state index in [2.05, 4.69) is 6.92 Å². The summed E-state index contributed by atoms with van der Waals surface area (Å²) in [5.41, 5.74) is 2.97. The summed E-state index contributed by atoms with van der Waals surface area (Å²) in [7, 11) is 0. The van der Waals surface area contributed by atoms with Gasteiger partial charge in [-0.25, -0.2) is 4.79 Å². The number of hydrogen-bond acceptors (Lipinski definition) is 1. The Bertz CT molecular complexity index is 567. The fourth-order valence-corrected chi connectivity index (χ4v) is 3.85. The minimum Gasteiger partial charge on any atom is -0.478 e. The first-order chi connectivity index (χ1) is 9.52. The average Bonchev–Trinajstić information content (AvgIpc) is 2.37. The third-order valence-electron chi connectivity index (χ3n) is 5.25. The van der Waals surface area contributed by atoms with Crippen molar-refractivity contribution in [3.63, 3.8) is 0 Å². The summed E-state index contributed by atoms with van der Waals surface area (Å²) in [6, 6.07) is 7.58. The Kier molecular flexibility index (Phi) is 3.37. The molecular formula is C17H19ClO2. The van der Waals surface area contributed by atoms with Gasteiger partial charge in [-0.05, 0) is 60.3 Å². The molecule has 2 aliphatic rings. The van der Waals surface area contributed by atoms with Crippen molar-refractivity contribution in [3.8, 4) is 0 Å². The van der Waals surface area contributed by atoms with Crippen LogP contribution < -0.4 is 0 Å². The number of aliphatic carboxylic acids is 1. The molecule has 3 heteroatoms. The summed E-state index contributed by atoms with van der Waals surface area (Å²) in [5, 5.41) is 10.2. The zero-order valence-corrected chi connectivity index (χ0v) is 12.4. The predicted molar refractivity (Wildman–Crippen MR) is 80.7 cm³/mol. The SMILES string of the molecule is CC1CC(C(=O)O)=C(c2ccc(Cl)cc2)CC12CCC2. The number of allylic oxidation sites excluding steroid dienone is 1. The Balaban J connectivity index is 2.04. The molecule has 0 amide bonds. The van der Waals surface area contributed by atoms with Crippen LogP contribution in [0, 0.1) is 11.3 Å². The van der Waals surface area contributed by atoms with Gasteiger partial charge in [-0.3, -0.25) is 0 Å². The molecular weight excluding hydrogens is 272 g/mol. The lowest BCUT2D eigenvalue weighted by Crippen LogP contribution is -2.39. The van der Waals surface area contributed by atoms with E-state index in [1.807, 2.05) is 24.3 Å². The van der Waals surface area contributed by atoms with Gasteiger partial charge in [0.2, 0.25) is 0 Å². The third-order valence-corrected chi connectivity index (χ3v) is 5.50. The van der Waals surface area contributed by atoms with Crippen molar-refractivity contribution in [3.05, 3.63) is 40.4 Å². The number of hydrogen-bond donors (Lipinski definition) is 1. The van der Waals surface area contributed by atoms with Crippen molar-refractivity contribution >= 4 is 23.1 Å². The molecule has 0 bridgehead atoms. The van der Waals surface area contributed by atoms with E-state index in [0.717, 1.165) is 17.6 Å². The van der Waals surface area contributed by atoms with Crippen molar-refractivity contribution in [2.24, 2.45) is 11.3 Å². The maximum Gasteiger partial charge on any atom is 0.331 e. The number of carboxylic acids is 1. The number of benzene rings is 1. The highest BCUT2D eigenvalue weighted by molar-refractivity contribution is 6.30. The molecule has 106 valence electrons. The van der Waals surface area contributed by atoms with Crippen LogP contribution in [-0.2, 0) is 4.79 Å². The molecule has 1 fully saturated rings. The smallest absolute Gasteiger partial charge is 0.331 e. The maximum absolute atomic E-state index is 11.6. The van der Waals surface area contributed by atoms with Crippen LogP contribution in [-0.4, -0.2) is 11.1 Å². The van der Waals surface area contributed by atoms with Gasteiger partial charge in [0, 0.05) is 10.6 Å². The van der Waals surface area contributed by atoms with Crippen LogP contribution in [0.15, 0.2) is 29.8 Å². The topological polar surface area (TPSA) is 37.3 Å². The summed E-state index contributed by atoms with van der Waals surface area (Å²) in [4.78, 5) is 11.6. The van der Waals surface area contributed by atoms with Gasteiger partial charge in [0.15, 0.2) is 0 Å². The van der Waals surface area contributed by atoms with Crippen LogP contribution in [0.25, 0.3) is 5.57 Å². The van der Waals surface area contributed by atoms with Crippen LogP contribution in [0.3, 0.4) is 0 Å². The maximum atomic E-state index is 11.6. The first-order valence-corrected chi connectivity index (χ1v) is 7.61. The molecule has 20 heavy (non-hydrogen) atoms. The monoisotopic (exact) mass is 290 g/mol. The van der Waals surface area contributed by atoms with E-state index >= 15 is 0 Å². The van der Waals surface area contributed by atoms with Crippen LogP contribution in [0.4, 0.5) is 0 Å². The van der Waals surface area contributed by atoms with Gasteiger partial charge >= 0.3 is 5.97 Å². The Morgan fingerprint density at radius 3 is 2.45 bits per heavy atom. The van der Waals surface area contributed by atoms with Crippen molar-refractivity contribution in [2.45, 2.75) is 39.0 Å². The molecule has 1 spiro atoms. The molecule has 0 heterocycles. The average molecular weight is 291 g/mol. The van der Waals surface area contributed by atoms with Gasteiger partial charge < -0.3 is 5.11 Å². The van der Waals surface area contributed by atoms with E-state index in [4.69, 9.17) is 11.6 Å². The van der Waals surface area contributed by atoms with Gasteiger partial charge in [-0.1, -0.05) is 37.1 Å². The quantitative estimate of drug-likeness (QED) is 0.851. The second-order valence-electron chi connectivity index (χ2n) is 6.27. The molecule has 0 radical (unpaired) electrons. The Morgan fingerprint density at radius 2 is 1.95 bits per heavy atom. The largest absolute Gasteiger partial charge is 0.478 e. The number of carbonyl (C=O) groups is 1. The molecule has 0 saturated heterocycles. The first kappa shape index (κ1) is 13.7. The van der Waals surface area contributed by atoms with Crippen LogP contribution in [0.1, 0.15) is 44.6 Å². The lowest BCUT2D eigenvalue weighted by atomic mass is 9.54. The molecule has 1 aromatic rings. The zero-order valence-electron chi connectivity index (χ0n) is 11.7. The second-order valence-corrected chi connectivity index (χ2v) is 6.70. The first-order valence-electron chi connectivity index (χ1n) is 7.23. The van der Waals surface area contributed by atoms with E-state index in [-0.39, 0.29) is 0 Å². The summed E-state index contributed by atoms with van der Waals surface area (Å²) < 4.78 is 0. The van der Waals surface area contributed by atoms with Gasteiger partial charge in [-0.15, -0.1) is 0 Å². The number of carboxylic acid groups (broad SMARTS) is 1. The van der Waals surface area contributed by atoms with Crippen molar-refractivity contribution in [2.75, 3.05) is 0 Å². The molecule has 1 atom stereocenters. The normalized spacial score (nSPS) is 24.6. The molecule has 3 rings (SSSR count). The highest BCUT2D eigenvalue weighted by Gasteiger charge is 2.46. The van der Waals surface area contributed by atoms with Crippen molar-refractivity contribution in [1.29, 1.82) is 0 Å². The number of rotatable bonds is 2. The molecule has 2 aliphatic carbocycles. The van der Waals surface area contributed by atoms with Gasteiger partial charge in [0.05, 0.1) is 0 Å². The van der Waals surface area contributed by atoms with Crippen LogP contribution in [0.2, 0.25) is 5.02 Å². The van der Waals surface area contributed by atoms with E-state index in [0.29, 0.717) is 28.3 Å². The summed E-state index contributed by atoms with van der Waals surface area (Å²) in [5.74, 6) is -0.297. The highest BCUT2D eigenvalue weighted by Crippen LogP contribution is 2.57. The van der Waals surface area contributed by atoms with Gasteiger partial charge in [-0.2, -0.15) is 0 Å². The highest BCUT2D eigenvalue weighted by atomic mass is 35.5. The Hall–Kier alpha value is -1.28. The predicted octanol–water partition coefficient (Wildman–Crippen LogP) is 4.78. The summed E-state index contributed by atoms with van der Waals surface area (Å²) in [6.45, 7) is 2.21. The molecule has 1 unspecified atom stereocenters. The Labute approximate surface area is 124 Å². The Morgan fingerprint density at radius 1 is 1.30 bits per heavy atom. The molecule has 1 saturated carbocycles. The molecule has 1 N–H and O–H groups in total. The summed E-state index contributed by atoms with van der Waals surface area (Å²) >= 11 is 5.93. The fourth-order valence-electron chi connectivity index (χ4n) is 3.72. The minimum absolute atomic E-state index is 0.341. The van der Waals surface area contributed by atoms with Crippen molar-refractivity contribution in [1.82, 2.24) is 0 Å².